The number of aliphatic hydroxyl groups excluding tert-OH is 1. The number of hydrogen-bond acceptors (Lipinski definition) is 6. The molecule has 28 heavy (non-hydrogen) atoms. The number of rotatable bonds is 4. The number of aliphatic hydroxyl groups is 1. The minimum atomic E-state index is -0.692. The first-order chi connectivity index (χ1) is 13.6. The van der Waals surface area contributed by atoms with Gasteiger partial charge in [-0.25, -0.2) is 0 Å². The van der Waals surface area contributed by atoms with Crippen LogP contribution < -0.4 is 0 Å². The molecule has 146 valence electrons. The summed E-state index contributed by atoms with van der Waals surface area (Å²) in [4.78, 5) is 33.5. The minimum absolute atomic E-state index is 0.117. The average Bonchev–Trinajstić information content (AvgIpc) is 3.31. The fourth-order valence-corrected chi connectivity index (χ4v) is 5.58. The maximum absolute atomic E-state index is 13.5. The molecule has 1 aromatic heterocycles. The van der Waals surface area contributed by atoms with Gasteiger partial charge in [0.2, 0.25) is 5.91 Å². The van der Waals surface area contributed by atoms with E-state index in [1.165, 1.54) is 9.78 Å². The first kappa shape index (κ1) is 18.0. The van der Waals surface area contributed by atoms with Crippen LogP contribution in [0.5, 0.6) is 0 Å². The largest absolute Gasteiger partial charge is 0.392 e. The number of β-amino-alcohol motifs (C(OH)–C–C–N with tert-alkyl or cyclic N) is 1. The fourth-order valence-electron chi connectivity index (χ4n) is 4.84. The summed E-state index contributed by atoms with van der Waals surface area (Å²) in [7, 11) is 0. The first-order valence-electron chi connectivity index (χ1n) is 9.66. The molecular weight excluding hydrogens is 374 g/mol. The molecule has 3 aliphatic heterocycles. The monoisotopic (exact) mass is 397 g/mol. The molecular formula is C21H23N3O3S. The highest BCUT2D eigenvalue weighted by Gasteiger charge is 2.64. The quantitative estimate of drug-likeness (QED) is 0.788. The summed E-state index contributed by atoms with van der Waals surface area (Å²) >= 11 is 1.71. The Labute approximate surface area is 168 Å². The van der Waals surface area contributed by atoms with Crippen LogP contribution in [0.4, 0.5) is 0 Å². The van der Waals surface area contributed by atoms with Crippen LogP contribution in [0.25, 0.3) is 0 Å². The van der Waals surface area contributed by atoms with Crippen molar-refractivity contribution in [1.82, 2.24) is 14.7 Å². The van der Waals surface area contributed by atoms with Crippen molar-refractivity contribution in [2.45, 2.75) is 37.2 Å². The van der Waals surface area contributed by atoms with Crippen LogP contribution in [-0.2, 0) is 22.7 Å². The molecule has 0 saturated carbocycles. The third-order valence-corrected chi connectivity index (χ3v) is 7.00. The van der Waals surface area contributed by atoms with Gasteiger partial charge in [-0.15, -0.1) is 11.3 Å². The zero-order valence-corrected chi connectivity index (χ0v) is 16.3. The zero-order valence-electron chi connectivity index (χ0n) is 15.5. The number of thiophene rings is 1. The molecule has 3 aliphatic rings. The van der Waals surface area contributed by atoms with E-state index in [1.54, 1.807) is 11.3 Å². The second kappa shape index (κ2) is 6.77. The number of benzene rings is 1. The Bertz CT molecular complexity index is 880. The van der Waals surface area contributed by atoms with E-state index in [4.69, 9.17) is 0 Å². The van der Waals surface area contributed by atoms with Crippen LogP contribution >= 0.6 is 11.3 Å². The van der Waals surface area contributed by atoms with E-state index in [0.29, 0.717) is 32.6 Å². The normalized spacial score (nSPS) is 27.2. The second-order valence-electron chi connectivity index (χ2n) is 8.03. The van der Waals surface area contributed by atoms with Crippen molar-refractivity contribution in [3.63, 3.8) is 0 Å². The Balaban J connectivity index is 1.41. The molecule has 4 heterocycles. The van der Waals surface area contributed by atoms with Crippen LogP contribution in [0.2, 0.25) is 0 Å². The van der Waals surface area contributed by atoms with E-state index in [9.17, 15) is 14.7 Å². The van der Waals surface area contributed by atoms with Gasteiger partial charge in [0, 0.05) is 31.1 Å². The number of likely N-dealkylation sites (tertiary alicyclic amines) is 1. The van der Waals surface area contributed by atoms with Crippen LogP contribution in [0.15, 0.2) is 47.8 Å². The van der Waals surface area contributed by atoms with E-state index in [1.807, 2.05) is 41.3 Å². The predicted molar refractivity (Wildman–Crippen MR) is 105 cm³/mol. The van der Waals surface area contributed by atoms with Crippen LogP contribution in [-0.4, -0.2) is 68.9 Å². The van der Waals surface area contributed by atoms with Crippen LogP contribution in [0.3, 0.4) is 0 Å². The SMILES string of the molecule is O=C1C2CC(O)CN2C2(CN(Cc3cccs3)C2)C(=O)N1Cc1ccccc1. The molecule has 2 amide bonds. The van der Waals surface area contributed by atoms with E-state index >= 15 is 0 Å². The van der Waals surface area contributed by atoms with Gasteiger partial charge in [0.15, 0.2) is 0 Å². The van der Waals surface area contributed by atoms with Crippen LogP contribution in [0, 0.1) is 0 Å². The van der Waals surface area contributed by atoms with Crippen molar-refractivity contribution in [3.05, 3.63) is 58.3 Å². The minimum Gasteiger partial charge on any atom is -0.392 e. The molecule has 0 aliphatic carbocycles. The molecule has 0 radical (unpaired) electrons. The molecule has 2 atom stereocenters. The van der Waals surface area contributed by atoms with Crippen molar-refractivity contribution in [2.24, 2.45) is 0 Å². The molecule has 2 aromatic rings. The summed E-state index contributed by atoms with van der Waals surface area (Å²) in [5.41, 5.74) is 0.253. The first-order valence-corrected chi connectivity index (χ1v) is 10.5. The number of hydrogen-bond donors (Lipinski definition) is 1. The Hall–Kier alpha value is -2.06. The summed E-state index contributed by atoms with van der Waals surface area (Å²) in [5, 5.41) is 12.3. The molecule has 1 N–H and O–H groups in total. The van der Waals surface area contributed by atoms with E-state index in [2.05, 4.69) is 16.3 Å². The summed E-state index contributed by atoms with van der Waals surface area (Å²) in [6, 6.07) is 13.4. The van der Waals surface area contributed by atoms with Crippen molar-refractivity contribution in [3.8, 4) is 0 Å². The van der Waals surface area contributed by atoms with Gasteiger partial charge in [-0.05, 0) is 23.4 Å². The van der Waals surface area contributed by atoms with Crippen LogP contribution in [0.1, 0.15) is 16.9 Å². The highest BCUT2D eigenvalue weighted by molar-refractivity contribution is 7.09. The Kier molecular flexibility index (Phi) is 4.35. The maximum Gasteiger partial charge on any atom is 0.252 e. The average molecular weight is 398 g/mol. The van der Waals surface area contributed by atoms with Gasteiger partial charge in [-0.2, -0.15) is 0 Å². The number of imide groups is 1. The molecule has 1 spiro atoms. The number of piperazine rings is 1. The number of nitrogens with zero attached hydrogens (tertiary/aromatic N) is 3. The van der Waals surface area contributed by atoms with Gasteiger partial charge in [0.25, 0.3) is 5.91 Å². The standard InChI is InChI=1S/C21H23N3O3S/c25-16-9-18-19(26)23(10-15-5-2-1-3-6-15)20(27)21(24(18)11-16)13-22(14-21)12-17-7-4-8-28-17/h1-8,16,18,25H,9-14H2. The third-order valence-electron chi connectivity index (χ3n) is 6.14. The van der Waals surface area contributed by atoms with Gasteiger partial charge < -0.3 is 5.11 Å². The maximum atomic E-state index is 13.5. The molecule has 2 unspecified atom stereocenters. The highest BCUT2D eigenvalue weighted by atomic mass is 32.1. The fraction of sp³-hybridized carbons (Fsp3) is 0.429. The summed E-state index contributed by atoms with van der Waals surface area (Å²) in [6.45, 7) is 2.72. The lowest BCUT2D eigenvalue weighted by Gasteiger charge is -2.58. The van der Waals surface area contributed by atoms with E-state index in [0.717, 1.165) is 12.1 Å². The van der Waals surface area contributed by atoms with Crippen molar-refractivity contribution in [1.29, 1.82) is 0 Å². The number of fused-ring (bicyclic) bond motifs is 2. The van der Waals surface area contributed by atoms with Crippen molar-refractivity contribution < 1.29 is 14.7 Å². The predicted octanol–water partition coefficient (Wildman–Crippen LogP) is 1.31. The van der Waals surface area contributed by atoms with Gasteiger partial charge in [0.1, 0.15) is 5.54 Å². The highest BCUT2D eigenvalue weighted by Crippen LogP contribution is 2.41. The number of carbonyl (C=O) groups excluding carboxylic acids is 2. The van der Waals surface area contributed by atoms with Crippen molar-refractivity contribution in [2.75, 3.05) is 19.6 Å². The Morgan fingerprint density at radius 2 is 1.86 bits per heavy atom. The lowest BCUT2D eigenvalue weighted by molar-refractivity contribution is -0.181. The molecule has 6 nitrogen and oxygen atoms in total. The summed E-state index contributed by atoms with van der Waals surface area (Å²) < 4.78 is 0. The zero-order chi connectivity index (χ0) is 19.3. The third kappa shape index (κ3) is 2.81. The molecule has 7 heteroatoms. The van der Waals surface area contributed by atoms with Gasteiger partial charge >= 0.3 is 0 Å². The van der Waals surface area contributed by atoms with Gasteiger partial charge in [0.05, 0.1) is 18.7 Å². The van der Waals surface area contributed by atoms with E-state index in [-0.39, 0.29) is 11.8 Å². The van der Waals surface area contributed by atoms with E-state index < -0.39 is 17.7 Å². The second-order valence-corrected chi connectivity index (χ2v) is 9.06. The summed E-state index contributed by atoms with van der Waals surface area (Å²) in [6.07, 6.45) is -0.147. The van der Waals surface area contributed by atoms with Gasteiger partial charge in [-0.1, -0.05) is 36.4 Å². The summed E-state index contributed by atoms with van der Waals surface area (Å²) in [5.74, 6) is -0.290. The lowest BCUT2D eigenvalue weighted by atomic mass is 9.82. The molecule has 3 saturated heterocycles. The molecule has 3 fully saturated rings. The molecule has 1 aromatic carbocycles. The number of amides is 2. The van der Waals surface area contributed by atoms with Gasteiger partial charge in [-0.3, -0.25) is 24.3 Å². The lowest BCUT2D eigenvalue weighted by Crippen LogP contribution is -2.81. The van der Waals surface area contributed by atoms with Crippen molar-refractivity contribution >= 4 is 23.2 Å². The topological polar surface area (TPSA) is 64.1 Å². The Morgan fingerprint density at radius 1 is 1.07 bits per heavy atom. The molecule has 0 bridgehead atoms. The Morgan fingerprint density at radius 3 is 2.57 bits per heavy atom. The smallest absolute Gasteiger partial charge is 0.252 e. The molecule has 5 rings (SSSR count). The number of carbonyl (C=O) groups is 2.